The summed E-state index contributed by atoms with van der Waals surface area (Å²) in [5.41, 5.74) is 2.50. The van der Waals surface area contributed by atoms with Crippen molar-refractivity contribution in [1.82, 2.24) is 15.5 Å². The van der Waals surface area contributed by atoms with Gasteiger partial charge in [-0.05, 0) is 31.7 Å². The molecule has 5 heteroatoms. The monoisotopic (exact) mass is 315 g/mol. The lowest BCUT2D eigenvalue weighted by Gasteiger charge is -2.05. The van der Waals surface area contributed by atoms with E-state index in [4.69, 9.17) is 4.52 Å². The van der Waals surface area contributed by atoms with Gasteiger partial charge in [-0.3, -0.25) is 4.79 Å². The largest absolute Gasteiger partial charge is 0.356 e. The van der Waals surface area contributed by atoms with E-state index in [2.05, 4.69) is 47.5 Å². The second-order valence-electron chi connectivity index (χ2n) is 5.80. The summed E-state index contributed by atoms with van der Waals surface area (Å²) in [5, 5.41) is 6.86. The minimum absolute atomic E-state index is 0.0750. The van der Waals surface area contributed by atoms with Crippen LogP contribution in [0.25, 0.3) is 0 Å². The molecule has 0 spiro atoms. The number of hydrogen-bond acceptors (Lipinski definition) is 4. The van der Waals surface area contributed by atoms with E-state index in [1.165, 1.54) is 11.1 Å². The summed E-state index contributed by atoms with van der Waals surface area (Å²) in [4.78, 5) is 16.1. The van der Waals surface area contributed by atoms with Crippen molar-refractivity contribution in [3.05, 3.63) is 47.1 Å². The quantitative estimate of drug-likeness (QED) is 0.772. The SMILES string of the molecule is CCCc1noc(CCCC(=O)NCCc2cccc(C)c2)n1. The van der Waals surface area contributed by atoms with Gasteiger partial charge in [0.15, 0.2) is 5.82 Å². The number of aromatic nitrogens is 2. The summed E-state index contributed by atoms with van der Waals surface area (Å²) in [6.07, 6.45) is 4.56. The summed E-state index contributed by atoms with van der Waals surface area (Å²) >= 11 is 0. The van der Waals surface area contributed by atoms with E-state index >= 15 is 0 Å². The second kappa shape index (κ2) is 9.08. The fraction of sp³-hybridized carbons (Fsp3) is 0.500. The van der Waals surface area contributed by atoms with Gasteiger partial charge in [0.05, 0.1) is 0 Å². The van der Waals surface area contributed by atoms with Crippen molar-refractivity contribution in [3.63, 3.8) is 0 Å². The Morgan fingerprint density at radius 1 is 1.26 bits per heavy atom. The molecule has 0 unspecified atom stereocenters. The Morgan fingerprint density at radius 3 is 2.91 bits per heavy atom. The van der Waals surface area contributed by atoms with E-state index in [0.717, 1.165) is 31.5 Å². The topological polar surface area (TPSA) is 68.0 Å². The molecule has 1 heterocycles. The molecule has 0 saturated heterocycles. The Morgan fingerprint density at radius 2 is 2.13 bits per heavy atom. The summed E-state index contributed by atoms with van der Waals surface area (Å²) < 4.78 is 5.16. The minimum Gasteiger partial charge on any atom is -0.356 e. The van der Waals surface area contributed by atoms with Crippen molar-refractivity contribution in [2.75, 3.05) is 6.54 Å². The number of carbonyl (C=O) groups is 1. The van der Waals surface area contributed by atoms with Gasteiger partial charge in [0.1, 0.15) is 0 Å². The molecule has 0 aliphatic heterocycles. The van der Waals surface area contributed by atoms with Gasteiger partial charge >= 0.3 is 0 Å². The number of nitrogens with one attached hydrogen (secondary N) is 1. The van der Waals surface area contributed by atoms with Gasteiger partial charge in [-0.25, -0.2) is 0 Å². The molecular weight excluding hydrogens is 290 g/mol. The van der Waals surface area contributed by atoms with Crippen LogP contribution < -0.4 is 5.32 Å². The number of rotatable bonds is 9. The van der Waals surface area contributed by atoms with E-state index in [0.29, 0.717) is 25.3 Å². The molecule has 1 aromatic carbocycles. The maximum absolute atomic E-state index is 11.8. The summed E-state index contributed by atoms with van der Waals surface area (Å²) in [6.45, 7) is 4.83. The van der Waals surface area contributed by atoms with Gasteiger partial charge in [-0.2, -0.15) is 4.98 Å². The third-order valence-electron chi connectivity index (χ3n) is 3.60. The predicted molar refractivity (Wildman–Crippen MR) is 89.1 cm³/mol. The van der Waals surface area contributed by atoms with Gasteiger partial charge < -0.3 is 9.84 Å². The molecule has 124 valence electrons. The maximum atomic E-state index is 11.8. The first kappa shape index (κ1) is 17.2. The average Bonchev–Trinajstić information content (AvgIpc) is 2.95. The first-order valence-corrected chi connectivity index (χ1v) is 8.31. The predicted octanol–water partition coefficient (Wildman–Crippen LogP) is 3.01. The van der Waals surface area contributed by atoms with Crippen LogP contribution in [-0.4, -0.2) is 22.6 Å². The highest BCUT2D eigenvalue weighted by Gasteiger charge is 2.07. The fourth-order valence-corrected chi connectivity index (χ4v) is 2.42. The van der Waals surface area contributed by atoms with Crippen LogP contribution in [0.4, 0.5) is 0 Å². The number of benzene rings is 1. The molecule has 1 aromatic heterocycles. The minimum atomic E-state index is 0.0750. The van der Waals surface area contributed by atoms with Crippen LogP contribution in [-0.2, 0) is 24.1 Å². The van der Waals surface area contributed by atoms with Gasteiger partial charge in [0.2, 0.25) is 11.8 Å². The smallest absolute Gasteiger partial charge is 0.226 e. The van der Waals surface area contributed by atoms with Gasteiger partial charge in [-0.1, -0.05) is 41.9 Å². The molecular formula is C18H25N3O2. The molecule has 0 aliphatic carbocycles. The molecule has 23 heavy (non-hydrogen) atoms. The first-order valence-electron chi connectivity index (χ1n) is 8.31. The van der Waals surface area contributed by atoms with Gasteiger partial charge in [0, 0.05) is 25.8 Å². The van der Waals surface area contributed by atoms with E-state index in [-0.39, 0.29) is 5.91 Å². The van der Waals surface area contributed by atoms with Crippen molar-refractivity contribution in [1.29, 1.82) is 0 Å². The Labute approximate surface area is 137 Å². The highest BCUT2D eigenvalue weighted by atomic mass is 16.5. The standard InChI is InChI=1S/C18H25N3O2/c1-3-6-16-20-18(23-21-16)10-5-9-17(22)19-12-11-15-8-4-7-14(2)13-15/h4,7-8,13H,3,5-6,9-12H2,1-2H3,(H,19,22). The van der Waals surface area contributed by atoms with Crippen LogP contribution in [0, 0.1) is 6.92 Å². The first-order chi connectivity index (χ1) is 11.2. The molecule has 0 bridgehead atoms. The zero-order chi connectivity index (χ0) is 16.5. The van der Waals surface area contributed by atoms with E-state index in [9.17, 15) is 4.79 Å². The number of aryl methyl sites for hydroxylation is 3. The molecule has 1 amide bonds. The normalized spacial score (nSPS) is 10.7. The molecule has 5 nitrogen and oxygen atoms in total. The molecule has 0 atom stereocenters. The van der Waals surface area contributed by atoms with Crippen molar-refractivity contribution in [2.24, 2.45) is 0 Å². The number of nitrogens with zero attached hydrogens (tertiary/aromatic N) is 2. The molecule has 1 N–H and O–H groups in total. The lowest BCUT2D eigenvalue weighted by Crippen LogP contribution is -2.25. The van der Waals surface area contributed by atoms with E-state index < -0.39 is 0 Å². The third kappa shape index (κ3) is 6.22. The lowest BCUT2D eigenvalue weighted by molar-refractivity contribution is -0.121. The third-order valence-corrected chi connectivity index (χ3v) is 3.60. The molecule has 2 aromatic rings. The summed E-state index contributed by atoms with van der Waals surface area (Å²) in [5.74, 6) is 1.46. The number of amides is 1. The summed E-state index contributed by atoms with van der Waals surface area (Å²) in [6, 6.07) is 8.35. The maximum Gasteiger partial charge on any atom is 0.226 e. The van der Waals surface area contributed by atoms with Crippen molar-refractivity contribution in [2.45, 2.75) is 52.4 Å². The van der Waals surface area contributed by atoms with E-state index in [1.54, 1.807) is 0 Å². The Bertz CT molecular complexity index is 622. The Hall–Kier alpha value is -2.17. The Balaban J connectivity index is 1.61. The second-order valence-corrected chi connectivity index (χ2v) is 5.80. The average molecular weight is 315 g/mol. The van der Waals surface area contributed by atoms with Gasteiger partial charge in [-0.15, -0.1) is 0 Å². The Kier molecular flexibility index (Phi) is 6.78. The highest BCUT2D eigenvalue weighted by Crippen LogP contribution is 2.06. The van der Waals surface area contributed by atoms with Crippen molar-refractivity contribution < 1.29 is 9.32 Å². The highest BCUT2D eigenvalue weighted by molar-refractivity contribution is 5.75. The van der Waals surface area contributed by atoms with Crippen LogP contribution >= 0.6 is 0 Å². The molecule has 0 radical (unpaired) electrons. The zero-order valence-electron chi connectivity index (χ0n) is 14.0. The lowest BCUT2D eigenvalue weighted by atomic mass is 10.1. The summed E-state index contributed by atoms with van der Waals surface area (Å²) in [7, 11) is 0. The zero-order valence-corrected chi connectivity index (χ0v) is 14.0. The number of hydrogen-bond donors (Lipinski definition) is 1. The van der Waals surface area contributed by atoms with Crippen LogP contribution in [0.15, 0.2) is 28.8 Å². The molecule has 0 fully saturated rings. The van der Waals surface area contributed by atoms with Crippen LogP contribution in [0.2, 0.25) is 0 Å². The molecule has 0 aliphatic rings. The molecule has 2 rings (SSSR count). The van der Waals surface area contributed by atoms with Crippen molar-refractivity contribution >= 4 is 5.91 Å². The van der Waals surface area contributed by atoms with Crippen molar-refractivity contribution in [3.8, 4) is 0 Å². The molecule has 0 saturated carbocycles. The van der Waals surface area contributed by atoms with E-state index in [1.807, 2.05) is 6.07 Å². The van der Waals surface area contributed by atoms with Crippen LogP contribution in [0.1, 0.15) is 49.0 Å². The number of carbonyl (C=O) groups excluding carboxylic acids is 1. The van der Waals surface area contributed by atoms with Crippen LogP contribution in [0.5, 0.6) is 0 Å². The van der Waals surface area contributed by atoms with Crippen LogP contribution in [0.3, 0.4) is 0 Å². The fourth-order valence-electron chi connectivity index (χ4n) is 2.42. The van der Waals surface area contributed by atoms with Gasteiger partial charge in [0.25, 0.3) is 0 Å².